The summed E-state index contributed by atoms with van der Waals surface area (Å²) < 4.78 is 5.55. The zero-order valence-electron chi connectivity index (χ0n) is 17.1. The van der Waals surface area contributed by atoms with Gasteiger partial charge in [-0.25, -0.2) is 9.78 Å². The highest BCUT2D eigenvalue weighted by Gasteiger charge is 2.32. The maximum absolute atomic E-state index is 13.0. The second-order valence-corrected chi connectivity index (χ2v) is 7.37. The highest BCUT2D eigenvalue weighted by atomic mass is 16.5. The molecule has 30 heavy (non-hydrogen) atoms. The number of urea groups is 1. The fraction of sp³-hybridized carbons (Fsp3) is 0.250. The van der Waals surface area contributed by atoms with Gasteiger partial charge in [-0.05, 0) is 31.9 Å². The summed E-state index contributed by atoms with van der Waals surface area (Å²) in [4.78, 5) is 23.1. The smallest absolute Gasteiger partial charge is 0.322 e. The number of anilines is 1. The molecule has 0 unspecified atom stereocenters. The molecule has 2 N–H and O–H groups in total. The largest absolute Gasteiger partial charge is 0.489 e. The molecule has 6 nitrogen and oxygen atoms in total. The summed E-state index contributed by atoms with van der Waals surface area (Å²) in [5, 5.41) is 2.99. The number of aromatic nitrogens is 2. The van der Waals surface area contributed by atoms with Gasteiger partial charge in [0.1, 0.15) is 18.2 Å². The van der Waals surface area contributed by atoms with Crippen molar-refractivity contribution in [1.82, 2.24) is 14.9 Å². The van der Waals surface area contributed by atoms with Crippen LogP contribution in [0.3, 0.4) is 0 Å². The van der Waals surface area contributed by atoms with Crippen LogP contribution in [0.5, 0.6) is 5.75 Å². The Kier molecular flexibility index (Phi) is 5.84. The molecule has 2 aromatic carbocycles. The number of nitrogens with one attached hydrogen (secondary N) is 2. The third-order valence-electron chi connectivity index (χ3n) is 5.23. The van der Waals surface area contributed by atoms with Gasteiger partial charge >= 0.3 is 6.03 Å². The van der Waals surface area contributed by atoms with Crippen molar-refractivity contribution in [3.63, 3.8) is 0 Å². The van der Waals surface area contributed by atoms with Crippen LogP contribution >= 0.6 is 0 Å². The molecule has 0 spiro atoms. The van der Waals surface area contributed by atoms with Crippen LogP contribution in [-0.2, 0) is 0 Å². The number of carbonyl (C=O) groups is 1. The average molecular weight is 402 g/mol. The fourth-order valence-corrected chi connectivity index (χ4v) is 3.83. The van der Waals surface area contributed by atoms with Crippen molar-refractivity contribution in [3.05, 3.63) is 78.8 Å². The van der Waals surface area contributed by atoms with Crippen molar-refractivity contribution in [1.29, 1.82) is 0 Å². The van der Waals surface area contributed by atoms with E-state index in [1.54, 1.807) is 6.08 Å². The van der Waals surface area contributed by atoms with Crippen LogP contribution in [-0.4, -0.2) is 34.1 Å². The molecule has 1 fully saturated rings. The first-order chi connectivity index (χ1) is 14.7. The van der Waals surface area contributed by atoms with Crippen LogP contribution in [0.15, 0.2) is 67.3 Å². The number of nitrogens with zero attached hydrogens (tertiary/aromatic N) is 2. The zero-order valence-corrected chi connectivity index (χ0v) is 17.1. The van der Waals surface area contributed by atoms with Gasteiger partial charge in [-0.3, -0.25) is 0 Å². The maximum atomic E-state index is 13.0. The third kappa shape index (κ3) is 4.22. The average Bonchev–Trinajstić information content (AvgIpc) is 3.40. The minimum absolute atomic E-state index is 0.0682. The number of H-pyrrole nitrogens is 1. The van der Waals surface area contributed by atoms with Crippen molar-refractivity contribution in [2.75, 3.05) is 18.5 Å². The summed E-state index contributed by atoms with van der Waals surface area (Å²) in [6, 6.07) is 17.3. The highest BCUT2D eigenvalue weighted by Crippen LogP contribution is 2.33. The van der Waals surface area contributed by atoms with E-state index in [0.29, 0.717) is 24.6 Å². The standard InChI is InChI=1S/C24H26N4O2/c1-3-15-30-20-12-7-11-19(16-20)26-24(29)28-14-8-13-21(28)23-25-17(2)22(27-23)18-9-5-4-6-10-18/h3-7,9-12,16,21H,1,8,13-15H2,2H3,(H,25,27)(H,26,29)/t21-/m1/s1. The van der Waals surface area contributed by atoms with Crippen LogP contribution in [0.2, 0.25) is 0 Å². The Morgan fingerprint density at radius 2 is 2.13 bits per heavy atom. The van der Waals surface area contributed by atoms with Gasteiger partial charge in [0.05, 0.1) is 11.7 Å². The minimum Gasteiger partial charge on any atom is -0.489 e. The lowest BCUT2D eigenvalue weighted by Gasteiger charge is -2.23. The van der Waals surface area contributed by atoms with Crippen molar-refractivity contribution in [3.8, 4) is 17.0 Å². The molecule has 1 saturated heterocycles. The zero-order chi connectivity index (χ0) is 20.9. The van der Waals surface area contributed by atoms with E-state index in [0.717, 1.165) is 35.6 Å². The summed E-state index contributed by atoms with van der Waals surface area (Å²) in [6.07, 6.45) is 3.52. The minimum atomic E-state index is -0.131. The summed E-state index contributed by atoms with van der Waals surface area (Å²) in [6.45, 7) is 6.80. The first-order valence-electron chi connectivity index (χ1n) is 10.2. The molecular weight excluding hydrogens is 376 g/mol. The van der Waals surface area contributed by atoms with E-state index in [4.69, 9.17) is 9.72 Å². The van der Waals surface area contributed by atoms with Crippen LogP contribution in [0, 0.1) is 6.92 Å². The molecule has 0 radical (unpaired) electrons. The van der Waals surface area contributed by atoms with Gasteiger partial charge in [-0.15, -0.1) is 0 Å². The fourth-order valence-electron chi connectivity index (χ4n) is 3.83. The van der Waals surface area contributed by atoms with Crippen LogP contribution < -0.4 is 10.1 Å². The number of amides is 2. The van der Waals surface area contributed by atoms with E-state index in [2.05, 4.69) is 16.9 Å². The Balaban J connectivity index is 1.50. The second kappa shape index (κ2) is 8.86. The molecule has 2 amide bonds. The van der Waals surface area contributed by atoms with Gasteiger partial charge in [0.15, 0.2) is 0 Å². The molecule has 6 heteroatoms. The van der Waals surface area contributed by atoms with Crippen molar-refractivity contribution in [2.24, 2.45) is 0 Å². The highest BCUT2D eigenvalue weighted by molar-refractivity contribution is 5.90. The number of ether oxygens (including phenoxy) is 1. The molecule has 0 saturated carbocycles. The van der Waals surface area contributed by atoms with Crippen LogP contribution in [0.1, 0.15) is 30.4 Å². The number of hydrogen-bond donors (Lipinski definition) is 2. The first kappa shape index (κ1) is 19.8. The number of carbonyl (C=O) groups excluding carboxylic acids is 1. The summed E-state index contributed by atoms with van der Waals surface area (Å²) >= 11 is 0. The van der Waals surface area contributed by atoms with Crippen molar-refractivity contribution in [2.45, 2.75) is 25.8 Å². The van der Waals surface area contributed by atoms with Crippen molar-refractivity contribution >= 4 is 11.7 Å². The number of rotatable bonds is 6. The summed E-state index contributed by atoms with van der Waals surface area (Å²) in [5.74, 6) is 1.53. The van der Waals surface area contributed by atoms with Gasteiger partial charge in [0, 0.05) is 29.6 Å². The quantitative estimate of drug-likeness (QED) is 0.548. The molecule has 1 aliphatic rings. The molecule has 1 aliphatic heterocycles. The third-order valence-corrected chi connectivity index (χ3v) is 5.23. The Bertz CT molecular complexity index is 1030. The van der Waals surface area contributed by atoms with Gasteiger partial charge in [0.2, 0.25) is 0 Å². The van der Waals surface area contributed by atoms with E-state index in [9.17, 15) is 4.79 Å². The van der Waals surface area contributed by atoms with E-state index in [1.165, 1.54) is 0 Å². The van der Waals surface area contributed by atoms with Crippen LogP contribution in [0.4, 0.5) is 10.5 Å². The molecule has 154 valence electrons. The monoisotopic (exact) mass is 402 g/mol. The molecular formula is C24H26N4O2. The second-order valence-electron chi connectivity index (χ2n) is 7.37. The van der Waals surface area contributed by atoms with Gasteiger partial charge in [-0.1, -0.05) is 49.1 Å². The number of aromatic amines is 1. The predicted octanol–water partition coefficient (Wildman–Crippen LogP) is 5.32. The number of benzene rings is 2. The molecule has 0 aliphatic carbocycles. The summed E-state index contributed by atoms with van der Waals surface area (Å²) in [5.41, 5.74) is 3.72. The van der Waals surface area contributed by atoms with Crippen molar-refractivity contribution < 1.29 is 9.53 Å². The lowest BCUT2D eigenvalue weighted by molar-refractivity contribution is 0.205. The van der Waals surface area contributed by atoms with Gasteiger partial charge in [-0.2, -0.15) is 0 Å². The molecule has 1 aromatic heterocycles. The van der Waals surface area contributed by atoms with Gasteiger partial charge < -0.3 is 19.9 Å². The Hall–Kier alpha value is -3.54. The lowest BCUT2D eigenvalue weighted by Crippen LogP contribution is -2.34. The van der Waals surface area contributed by atoms with E-state index in [1.807, 2.05) is 66.4 Å². The first-order valence-corrected chi connectivity index (χ1v) is 10.2. The van der Waals surface area contributed by atoms with E-state index in [-0.39, 0.29) is 12.1 Å². The van der Waals surface area contributed by atoms with E-state index < -0.39 is 0 Å². The van der Waals surface area contributed by atoms with Gasteiger partial charge in [0.25, 0.3) is 0 Å². The molecule has 2 heterocycles. The summed E-state index contributed by atoms with van der Waals surface area (Å²) in [7, 11) is 0. The number of aryl methyl sites for hydroxylation is 1. The molecule has 3 aromatic rings. The number of hydrogen-bond acceptors (Lipinski definition) is 3. The van der Waals surface area contributed by atoms with Crippen LogP contribution in [0.25, 0.3) is 11.3 Å². The number of likely N-dealkylation sites (tertiary alicyclic amines) is 1. The SMILES string of the molecule is C=CCOc1cccc(NC(=O)N2CCC[C@@H]2c2nc(-c3ccccc3)c(C)[nH]2)c1. The molecule has 0 bridgehead atoms. The Morgan fingerprint density at radius 1 is 1.30 bits per heavy atom. The predicted molar refractivity (Wildman–Crippen MR) is 119 cm³/mol. The number of imidazole rings is 1. The molecule has 4 rings (SSSR count). The lowest BCUT2D eigenvalue weighted by atomic mass is 10.1. The Morgan fingerprint density at radius 3 is 2.93 bits per heavy atom. The van der Waals surface area contributed by atoms with E-state index >= 15 is 0 Å². The Labute approximate surface area is 176 Å². The normalized spacial score (nSPS) is 15.8. The maximum Gasteiger partial charge on any atom is 0.322 e. The topological polar surface area (TPSA) is 70.2 Å². The molecule has 1 atom stereocenters.